The number of hydrogen-bond acceptors (Lipinski definition) is 5. The number of carbonyl (C=O) groups is 1. The SMILES string of the molecule is COc1ccc(Cl)cc1NC(=O)c1cnc(Nc2cc(C)cc(C)c2)cn1. The Morgan fingerprint density at radius 3 is 2.41 bits per heavy atom. The molecule has 1 aromatic heterocycles. The van der Waals surface area contributed by atoms with Crippen LogP contribution in [0.15, 0.2) is 48.8 Å². The monoisotopic (exact) mass is 382 g/mol. The van der Waals surface area contributed by atoms with Crippen LogP contribution in [0.3, 0.4) is 0 Å². The summed E-state index contributed by atoms with van der Waals surface area (Å²) in [6.07, 6.45) is 2.93. The third-order valence-corrected chi connectivity index (χ3v) is 4.02. The van der Waals surface area contributed by atoms with Crippen molar-refractivity contribution in [2.24, 2.45) is 0 Å². The minimum atomic E-state index is -0.402. The highest BCUT2D eigenvalue weighted by molar-refractivity contribution is 6.31. The number of carbonyl (C=O) groups excluding carboxylic acids is 1. The summed E-state index contributed by atoms with van der Waals surface area (Å²) in [6, 6.07) is 11.1. The van der Waals surface area contributed by atoms with Crippen molar-refractivity contribution in [1.29, 1.82) is 0 Å². The first kappa shape index (κ1) is 18.7. The zero-order chi connectivity index (χ0) is 19.4. The fourth-order valence-electron chi connectivity index (χ4n) is 2.67. The zero-order valence-electron chi connectivity index (χ0n) is 15.2. The number of benzene rings is 2. The van der Waals surface area contributed by atoms with Crippen LogP contribution in [0.4, 0.5) is 17.2 Å². The first-order chi connectivity index (χ1) is 12.9. The summed E-state index contributed by atoms with van der Waals surface area (Å²) in [5, 5.41) is 6.41. The lowest BCUT2D eigenvalue weighted by molar-refractivity contribution is 0.102. The standard InChI is InChI=1S/C20H19ClN4O2/c1-12-6-13(2)8-15(7-12)24-19-11-22-17(10-23-19)20(26)25-16-9-14(21)4-5-18(16)27-3/h4-11H,1-3H3,(H,23,24)(H,25,26). The van der Waals surface area contributed by atoms with Crippen molar-refractivity contribution in [2.75, 3.05) is 17.7 Å². The number of nitrogens with one attached hydrogen (secondary N) is 2. The van der Waals surface area contributed by atoms with E-state index in [1.165, 1.54) is 19.5 Å². The fourth-order valence-corrected chi connectivity index (χ4v) is 2.84. The van der Waals surface area contributed by atoms with Gasteiger partial charge in [0.1, 0.15) is 17.3 Å². The third kappa shape index (κ3) is 4.74. The Hall–Kier alpha value is -3.12. The number of aromatic nitrogens is 2. The Morgan fingerprint density at radius 2 is 1.78 bits per heavy atom. The summed E-state index contributed by atoms with van der Waals surface area (Å²) in [4.78, 5) is 20.9. The van der Waals surface area contributed by atoms with Crippen molar-refractivity contribution >= 4 is 34.7 Å². The van der Waals surface area contributed by atoms with Gasteiger partial charge in [-0.15, -0.1) is 0 Å². The van der Waals surface area contributed by atoms with Crippen LogP contribution in [0, 0.1) is 13.8 Å². The van der Waals surface area contributed by atoms with E-state index in [0.29, 0.717) is 22.3 Å². The quantitative estimate of drug-likeness (QED) is 0.665. The van der Waals surface area contributed by atoms with Crippen LogP contribution in [0.5, 0.6) is 5.75 Å². The van der Waals surface area contributed by atoms with Gasteiger partial charge < -0.3 is 15.4 Å². The lowest BCUT2D eigenvalue weighted by Crippen LogP contribution is -2.15. The maximum Gasteiger partial charge on any atom is 0.275 e. The van der Waals surface area contributed by atoms with Gasteiger partial charge in [0.2, 0.25) is 0 Å². The summed E-state index contributed by atoms with van der Waals surface area (Å²) in [5.74, 6) is 0.659. The van der Waals surface area contributed by atoms with Crippen LogP contribution in [0.2, 0.25) is 5.02 Å². The van der Waals surface area contributed by atoms with Crippen molar-refractivity contribution < 1.29 is 9.53 Å². The highest BCUT2D eigenvalue weighted by Gasteiger charge is 2.12. The molecular formula is C20H19ClN4O2. The smallest absolute Gasteiger partial charge is 0.275 e. The first-order valence-electron chi connectivity index (χ1n) is 8.27. The molecule has 2 N–H and O–H groups in total. The summed E-state index contributed by atoms with van der Waals surface area (Å²) < 4.78 is 5.22. The van der Waals surface area contributed by atoms with Gasteiger partial charge in [-0.3, -0.25) is 4.79 Å². The molecule has 0 fully saturated rings. The molecule has 3 rings (SSSR count). The number of halogens is 1. The number of hydrogen-bond donors (Lipinski definition) is 2. The molecule has 0 aliphatic carbocycles. The minimum Gasteiger partial charge on any atom is -0.495 e. The summed E-state index contributed by atoms with van der Waals surface area (Å²) in [7, 11) is 1.52. The van der Waals surface area contributed by atoms with Gasteiger partial charge in [0, 0.05) is 10.7 Å². The summed E-state index contributed by atoms with van der Waals surface area (Å²) in [5.41, 5.74) is 3.87. The van der Waals surface area contributed by atoms with E-state index >= 15 is 0 Å². The highest BCUT2D eigenvalue weighted by Crippen LogP contribution is 2.28. The Morgan fingerprint density at radius 1 is 1.04 bits per heavy atom. The Kier molecular flexibility index (Phi) is 5.57. The largest absolute Gasteiger partial charge is 0.495 e. The van der Waals surface area contributed by atoms with Gasteiger partial charge in [-0.05, 0) is 55.3 Å². The summed E-state index contributed by atoms with van der Waals surface area (Å²) >= 11 is 5.98. The molecule has 0 bridgehead atoms. The van der Waals surface area contributed by atoms with Gasteiger partial charge >= 0.3 is 0 Å². The first-order valence-corrected chi connectivity index (χ1v) is 8.64. The number of nitrogens with zero attached hydrogens (tertiary/aromatic N) is 2. The van der Waals surface area contributed by atoms with Gasteiger partial charge in [-0.2, -0.15) is 0 Å². The predicted octanol–water partition coefficient (Wildman–Crippen LogP) is 4.75. The second-order valence-corrected chi connectivity index (χ2v) is 6.52. The molecule has 0 atom stereocenters. The number of aryl methyl sites for hydroxylation is 2. The molecule has 7 heteroatoms. The molecule has 27 heavy (non-hydrogen) atoms. The van der Waals surface area contributed by atoms with Crippen molar-refractivity contribution in [2.45, 2.75) is 13.8 Å². The van der Waals surface area contributed by atoms with Crippen molar-refractivity contribution in [3.8, 4) is 5.75 Å². The van der Waals surface area contributed by atoms with E-state index in [9.17, 15) is 4.79 Å². The van der Waals surface area contributed by atoms with Crippen LogP contribution < -0.4 is 15.4 Å². The van der Waals surface area contributed by atoms with Gasteiger partial charge in [0.15, 0.2) is 0 Å². The van der Waals surface area contributed by atoms with Crippen LogP contribution in [0.25, 0.3) is 0 Å². The second kappa shape index (κ2) is 8.05. The average Bonchev–Trinajstić information content (AvgIpc) is 2.61. The molecule has 0 aliphatic rings. The summed E-state index contributed by atoms with van der Waals surface area (Å²) in [6.45, 7) is 4.06. The van der Waals surface area contributed by atoms with Crippen LogP contribution in [0.1, 0.15) is 21.6 Å². The Labute approximate surface area is 162 Å². The van der Waals surface area contributed by atoms with Crippen molar-refractivity contribution in [1.82, 2.24) is 9.97 Å². The molecule has 0 aliphatic heterocycles. The van der Waals surface area contributed by atoms with Gasteiger partial charge in [-0.1, -0.05) is 17.7 Å². The average molecular weight is 383 g/mol. The number of methoxy groups -OCH3 is 1. The van der Waals surface area contributed by atoms with Crippen LogP contribution in [-0.4, -0.2) is 23.0 Å². The normalized spacial score (nSPS) is 10.4. The molecule has 6 nitrogen and oxygen atoms in total. The molecule has 1 amide bonds. The Bertz CT molecular complexity index is 954. The predicted molar refractivity (Wildman–Crippen MR) is 107 cm³/mol. The van der Waals surface area contributed by atoms with Gasteiger partial charge in [0.05, 0.1) is 25.2 Å². The maximum absolute atomic E-state index is 12.4. The van der Waals surface area contributed by atoms with E-state index in [-0.39, 0.29) is 5.69 Å². The molecule has 0 radical (unpaired) electrons. The minimum absolute atomic E-state index is 0.183. The second-order valence-electron chi connectivity index (χ2n) is 6.09. The third-order valence-electron chi connectivity index (χ3n) is 3.79. The maximum atomic E-state index is 12.4. The van der Waals surface area contributed by atoms with E-state index in [4.69, 9.17) is 16.3 Å². The molecule has 2 aromatic carbocycles. The lowest BCUT2D eigenvalue weighted by Gasteiger charge is -2.11. The van der Waals surface area contributed by atoms with Crippen LogP contribution >= 0.6 is 11.6 Å². The van der Waals surface area contributed by atoms with E-state index < -0.39 is 5.91 Å². The van der Waals surface area contributed by atoms with Crippen molar-refractivity contribution in [3.63, 3.8) is 0 Å². The molecule has 0 spiro atoms. The van der Waals surface area contributed by atoms with Crippen LogP contribution in [-0.2, 0) is 0 Å². The van der Waals surface area contributed by atoms with E-state index in [1.807, 2.05) is 26.0 Å². The molecule has 0 saturated carbocycles. The fraction of sp³-hybridized carbons (Fsp3) is 0.150. The van der Waals surface area contributed by atoms with Gasteiger partial charge in [0.25, 0.3) is 5.91 Å². The van der Waals surface area contributed by atoms with E-state index in [2.05, 4.69) is 26.7 Å². The molecular weight excluding hydrogens is 364 g/mol. The number of amides is 1. The van der Waals surface area contributed by atoms with Gasteiger partial charge in [-0.25, -0.2) is 9.97 Å². The topological polar surface area (TPSA) is 76.1 Å². The number of anilines is 3. The highest BCUT2D eigenvalue weighted by atomic mass is 35.5. The number of rotatable bonds is 5. The number of ether oxygens (including phenoxy) is 1. The molecule has 0 saturated heterocycles. The lowest BCUT2D eigenvalue weighted by atomic mass is 10.1. The molecule has 3 aromatic rings. The molecule has 0 unspecified atom stereocenters. The zero-order valence-corrected chi connectivity index (χ0v) is 16.0. The van der Waals surface area contributed by atoms with Crippen molar-refractivity contribution in [3.05, 3.63) is 70.6 Å². The molecule has 138 valence electrons. The molecule has 1 heterocycles. The van der Waals surface area contributed by atoms with E-state index in [1.54, 1.807) is 18.2 Å². The Balaban J connectivity index is 1.73. The van der Waals surface area contributed by atoms with E-state index in [0.717, 1.165) is 16.8 Å².